The van der Waals surface area contributed by atoms with Crippen molar-refractivity contribution in [2.75, 3.05) is 24.7 Å². The standard InChI is InChI=1S/C15H20N2O3S/c1-2-20-15(19)12-10-21-9-8-17(12)14(18)13(16)11-6-4-3-5-7-11/h3-7,12-13H,2,8-10,16H2,1H3. The molecular formula is C15H20N2O3S. The Kier molecular flexibility index (Phi) is 5.64. The van der Waals surface area contributed by atoms with Crippen molar-refractivity contribution in [2.45, 2.75) is 19.0 Å². The van der Waals surface area contributed by atoms with E-state index in [0.29, 0.717) is 18.9 Å². The van der Waals surface area contributed by atoms with E-state index in [2.05, 4.69) is 0 Å². The largest absolute Gasteiger partial charge is 0.464 e. The molecule has 0 bridgehead atoms. The smallest absolute Gasteiger partial charge is 0.329 e. The molecule has 2 atom stereocenters. The normalized spacial score (nSPS) is 19.9. The Hall–Kier alpha value is -1.53. The third-order valence-electron chi connectivity index (χ3n) is 3.39. The zero-order chi connectivity index (χ0) is 15.2. The summed E-state index contributed by atoms with van der Waals surface area (Å²) in [4.78, 5) is 26.2. The highest BCUT2D eigenvalue weighted by Gasteiger charge is 2.35. The first-order valence-electron chi connectivity index (χ1n) is 7.00. The fourth-order valence-electron chi connectivity index (χ4n) is 2.28. The van der Waals surface area contributed by atoms with Crippen LogP contribution in [-0.4, -0.2) is 47.5 Å². The summed E-state index contributed by atoms with van der Waals surface area (Å²) in [7, 11) is 0. The second-order valence-corrected chi connectivity index (χ2v) is 5.91. The van der Waals surface area contributed by atoms with Gasteiger partial charge in [-0.3, -0.25) is 4.79 Å². The molecule has 1 heterocycles. The van der Waals surface area contributed by atoms with Crippen molar-refractivity contribution in [3.8, 4) is 0 Å². The van der Waals surface area contributed by atoms with E-state index >= 15 is 0 Å². The molecule has 1 aliphatic rings. The summed E-state index contributed by atoms with van der Waals surface area (Å²) in [6.45, 7) is 2.59. The molecule has 0 saturated carbocycles. The highest BCUT2D eigenvalue weighted by atomic mass is 32.2. The van der Waals surface area contributed by atoms with Gasteiger partial charge in [-0.05, 0) is 12.5 Å². The van der Waals surface area contributed by atoms with Crippen LogP contribution in [0.2, 0.25) is 0 Å². The predicted octanol–water partition coefficient (Wildman–Crippen LogP) is 1.19. The highest BCUT2D eigenvalue weighted by molar-refractivity contribution is 7.99. The van der Waals surface area contributed by atoms with E-state index in [1.54, 1.807) is 23.6 Å². The van der Waals surface area contributed by atoms with E-state index in [0.717, 1.165) is 11.3 Å². The topological polar surface area (TPSA) is 72.6 Å². The maximum atomic E-state index is 12.6. The van der Waals surface area contributed by atoms with Gasteiger partial charge >= 0.3 is 5.97 Å². The van der Waals surface area contributed by atoms with Gasteiger partial charge in [-0.25, -0.2) is 4.79 Å². The molecule has 114 valence electrons. The van der Waals surface area contributed by atoms with E-state index in [4.69, 9.17) is 10.5 Å². The lowest BCUT2D eigenvalue weighted by molar-refractivity contribution is -0.154. The molecule has 21 heavy (non-hydrogen) atoms. The second-order valence-electron chi connectivity index (χ2n) is 4.76. The minimum Gasteiger partial charge on any atom is -0.464 e. The molecule has 2 unspecified atom stereocenters. The summed E-state index contributed by atoms with van der Waals surface area (Å²) in [6, 6.07) is 7.92. The number of benzene rings is 1. The molecule has 6 heteroatoms. The summed E-state index contributed by atoms with van der Waals surface area (Å²) >= 11 is 1.65. The average Bonchev–Trinajstić information content (AvgIpc) is 2.54. The maximum absolute atomic E-state index is 12.6. The van der Waals surface area contributed by atoms with Crippen LogP contribution in [-0.2, 0) is 14.3 Å². The third-order valence-corrected chi connectivity index (χ3v) is 4.42. The number of hydrogen-bond donors (Lipinski definition) is 1. The van der Waals surface area contributed by atoms with E-state index in [9.17, 15) is 9.59 Å². The molecule has 0 aromatic heterocycles. The number of nitrogens with two attached hydrogens (primary N) is 1. The number of thioether (sulfide) groups is 1. The monoisotopic (exact) mass is 308 g/mol. The van der Waals surface area contributed by atoms with Gasteiger partial charge in [-0.2, -0.15) is 11.8 Å². The molecule has 0 radical (unpaired) electrons. The number of esters is 1. The van der Waals surface area contributed by atoms with E-state index in [1.807, 2.05) is 30.3 Å². The Balaban J connectivity index is 2.13. The van der Waals surface area contributed by atoms with Gasteiger partial charge in [0.15, 0.2) is 0 Å². The van der Waals surface area contributed by atoms with Crippen LogP contribution in [0.4, 0.5) is 0 Å². The summed E-state index contributed by atoms with van der Waals surface area (Å²) in [5, 5.41) is 0. The summed E-state index contributed by atoms with van der Waals surface area (Å²) in [5.74, 6) is 0.799. The van der Waals surface area contributed by atoms with Gasteiger partial charge in [0.05, 0.1) is 6.61 Å². The molecule has 1 aromatic carbocycles. The quantitative estimate of drug-likeness (QED) is 0.846. The lowest BCUT2D eigenvalue weighted by Gasteiger charge is -2.35. The molecule has 1 saturated heterocycles. The van der Waals surface area contributed by atoms with Crippen molar-refractivity contribution in [1.82, 2.24) is 4.90 Å². The number of rotatable bonds is 4. The predicted molar refractivity (Wildman–Crippen MR) is 82.8 cm³/mol. The van der Waals surface area contributed by atoms with Crippen LogP contribution in [0, 0.1) is 0 Å². The van der Waals surface area contributed by atoms with E-state index < -0.39 is 12.1 Å². The molecule has 5 nitrogen and oxygen atoms in total. The zero-order valence-electron chi connectivity index (χ0n) is 12.0. The van der Waals surface area contributed by atoms with Crippen LogP contribution in [0.5, 0.6) is 0 Å². The Morgan fingerprint density at radius 2 is 2.14 bits per heavy atom. The number of hydrogen-bond acceptors (Lipinski definition) is 5. The van der Waals surface area contributed by atoms with Crippen molar-refractivity contribution in [1.29, 1.82) is 0 Å². The lowest BCUT2D eigenvalue weighted by atomic mass is 10.1. The molecular weight excluding hydrogens is 288 g/mol. The van der Waals surface area contributed by atoms with Crippen LogP contribution in [0.3, 0.4) is 0 Å². The molecule has 1 fully saturated rings. The molecule has 1 aliphatic heterocycles. The Morgan fingerprint density at radius 1 is 1.43 bits per heavy atom. The average molecular weight is 308 g/mol. The molecule has 2 rings (SSSR count). The van der Waals surface area contributed by atoms with Gasteiger partial charge in [-0.1, -0.05) is 30.3 Å². The summed E-state index contributed by atoms with van der Waals surface area (Å²) < 4.78 is 5.06. The summed E-state index contributed by atoms with van der Waals surface area (Å²) in [6.07, 6.45) is 0. The molecule has 1 aromatic rings. The first kappa shape index (κ1) is 15.9. The van der Waals surface area contributed by atoms with Crippen LogP contribution in [0.1, 0.15) is 18.5 Å². The molecule has 2 N–H and O–H groups in total. The number of amides is 1. The van der Waals surface area contributed by atoms with Crippen molar-refractivity contribution in [3.05, 3.63) is 35.9 Å². The second kappa shape index (κ2) is 7.47. The molecule has 1 amide bonds. The Morgan fingerprint density at radius 3 is 2.81 bits per heavy atom. The summed E-state index contributed by atoms with van der Waals surface area (Å²) in [5.41, 5.74) is 6.81. The van der Waals surface area contributed by atoms with Gasteiger partial charge in [0, 0.05) is 18.1 Å². The fraction of sp³-hybridized carbons (Fsp3) is 0.467. The van der Waals surface area contributed by atoms with Crippen molar-refractivity contribution >= 4 is 23.6 Å². The van der Waals surface area contributed by atoms with Crippen LogP contribution >= 0.6 is 11.8 Å². The van der Waals surface area contributed by atoms with Crippen LogP contribution in [0.15, 0.2) is 30.3 Å². The SMILES string of the molecule is CCOC(=O)C1CSCCN1C(=O)C(N)c1ccccc1. The zero-order valence-corrected chi connectivity index (χ0v) is 12.8. The van der Waals surface area contributed by atoms with Crippen molar-refractivity contribution in [2.24, 2.45) is 5.73 Å². The number of carbonyl (C=O) groups excluding carboxylic acids is 2. The maximum Gasteiger partial charge on any atom is 0.329 e. The van der Waals surface area contributed by atoms with Gasteiger partial charge in [0.2, 0.25) is 5.91 Å². The number of nitrogens with zero attached hydrogens (tertiary/aromatic N) is 1. The first-order chi connectivity index (χ1) is 10.1. The van der Waals surface area contributed by atoms with E-state index in [1.165, 1.54) is 0 Å². The number of ether oxygens (including phenoxy) is 1. The first-order valence-corrected chi connectivity index (χ1v) is 8.16. The van der Waals surface area contributed by atoms with Gasteiger partial charge in [0.25, 0.3) is 0 Å². The van der Waals surface area contributed by atoms with E-state index in [-0.39, 0.29) is 11.9 Å². The lowest BCUT2D eigenvalue weighted by Crippen LogP contribution is -2.53. The molecule has 0 spiro atoms. The molecule has 0 aliphatic carbocycles. The van der Waals surface area contributed by atoms with Gasteiger partial charge in [0.1, 0.15) is 12.1 Å². The van der Waals surface area contributed by atoms with Gasteiger partial charge in [-0.15, -0.1) is 0 Å². The third kappa shape index (κ3) is 3.77. The minimum absolute atomic E-state index is 0.223. The van der Waals surface area contributed by atoms with Crippen LogP contribution < -0.4 is 5.73 Å². The fourth-order valence-corrected chi connectivity index (χ4v) is 3.31. The Bertz CT molecular complexity index is 495. The van der Waals surface area contributed by atoms with Crippen LogP contribution in [0.25, 0.3) is 0 Å². The van der Waals surface area contributed by atoms with Crippen molar-refractivity contribution < 1.29 is 14.3 Å². The van der Waals surface area contributed by atoms with Gasteiger partial charge < -0.3 is 15.4 Å². The number of carbonyl (C=O) groups is 2. The Labute approximate surface area is 128 Å². The highest BCUT2D eigenvalue weighted by Crippen LogP contribution is 2.22. The minimum atomic E-state index is -0.744. The van der Waals surface area contributed by atoms with Crippen molar-refractivity contribution in [3.63, 3.8) is 0 Å².